The van der Waals surface area contributed by atoms with Crippen LogP contribution in [0.25, 0.3) is 6.08 Å². The Bertz CT molecular complexity index is 781. The van der Waals surface area contributed by atoms with Crippen molar-refractivity contribution in [2.75, 3.05) is 20.8 Å². The first kappa shape index (κ1) is 16.9. The molecule has 5 nitrogen and oxygen atoms in total. The lowest BCUT2D eigenvalue weighted by Crippen LogP contribution is -2.34. The van der Waals surface area contributed by atoms with E-state index in [4.69, 9.17) is 13.9 Å². The topological polar surface area (TPSA) is 51.9 Å². The van der Waals surface area contributed by atoms with Crippen LogP contribution in [0.4, 0.5) is 0 Å². The first-order valence-electron chi connectivity index (χ1n) is 7.57. The molecule has 0 fully saturated rings. The van der Waals surface area contributed by atoms with Gasteiger partial charge in [0.15, 0.2) is 15.3 Å². The van der Waals surface area contributed by atoms with Crippen molar-refractivity contribution in [3.63, 3.8) is 0 Å². The largest absolute Gasteiger partial charge is 0.493 e. The molecule has 126 valence electrons. The molecule has 6 heteroatoms. The molecule has 1 amide bonds. The summed E-state index contributed by atoms with van der Waals surface area (Å²) in [6.45, 7) is 1.25. The minimum atomic E-state index is -0.0261. The fourth-order valence-electron chi connectivity index (χ4n) is 2.75. The number of hydrogen-bond acceptors (Lipinski definition) is 4. The number of hydrogen-bond donors (Lipinski definition) is 0. The van der Waals surface area contributed by atoms with Gasteiger partial charge in [0, 0.05) is 19.2 Å². The minimum Gasteiger partial charge on any atom is -0.493 e. The van der Waals surface area contributed by atoms with Crippen LogP contribution in [0.15, 0.2) is 34.8 Å². The second kappa shape index (κ2) is 7.29. The van der Waals surface area contributed by atoms with Crippen molar-refractivity contribution >= 4 is 34.6 Å². The molecule has 1 aliphatic rings. The van der Waals surface area contributed by atoms with Crippen LogP contribution in [-0.2, 0) is 17.8 Å². The van der Waals surface area contributed by atoms with Gasteiger partial charge in [-0.3, -0.25) is 4.79 Å². The zero-order valence-electron chi connectivity index (χ0n) is 13.5. The van der Waals surface area contributed by atoms with Gasteiger partial charge >= 0.3 is 0 Å². The Morgan fingerprint density at radius 2 is 1.92 bits per heavy atom. The molecule has 1 aromatic carbocycles. The zero-order chi connectivity index (χ0) is 17.1. The molecule has 0 saturated heterocycles. The molecule has 1 aliphatic heterocycles. The van der Waals surface area contributed by atoms with Gasteiger partial charge in [0.1, 0.15) is 5.76 Å². The maximum atomic E-state index is 12.4. The van der Waals surface area contributed by atoms with Crippen molar-refractivity contribution in [3.05, 3.63) is 51.0 Å². The number of halogens is 1. The number of amides is 1. The van der Waals surface area contributed by atoms with Gasteiger partial charge in [-0.25, -0.2) is 0 Å². The molecule has 0 saturated carbocycles. The van der Waals surface area contributed by atoms with Crippen molar-refractivity contribution in [3.8, 4) is 11.5 Å². The van der Waals surface area contributed by atoms with E-state index in [9.17, 15) is 4.79 Å². The molecular formula is C18H18INO4. The number of furan rings is 1. The van der Waals surface area contributed by atoms with Gasteiger partial charge in [-0.05, 0) is 70.5 Å². The summed E-state index contributed by atoms with van der Waals surface area (Å²) in [6, 6.07) is 7.65. The fraction of sp³-hybridized carbons (Fsp3) is 0.278. The molecule has 0 unspecified atom stereocenters. The van der Waals surface area contributed by atoms with E-state index in [-0.39, 0.29) is 5.91 Å². The van der Waals surface area contributed by atoms with E-state index in [0.717, 1.165) is 21.5 Å². The number of benzene rings is 1. The number of nitrogens with zero attached hydrogens (tertiary/aromatic N) is 1. The SMILES string of the molecule is COc1cc2c(cc1OC)CN(C(=O)C=Cc1ccc(I)o1)CC2. The second-order valence-corrected chi connectivity index (χ2v) is 6.52. The third kappa shape index (κ3) is 3.58. The minimum absolute atomic E-state index is 0.0261. The van der Waals surface area contributed by atoms with Crippen LogP contribution in [0.1, 0.15) is 16.9 Å². The van der Waals surface area contributed by atoms with Gasteiger partial charge in [-0.1, -0.05) is 0 Å². The lowest BCUT2D eigenvalue weighted by atomic mass is 9.98. The van der Waals surface area contributed by atoms with Crippen LogP contribution < -0.4 is 9.47 Å². The van der Waals surface area contributed by atoms with Gasteiger partial charge in [0.25, 0.3) is 0 Å². The Balaban J connectivity index is 1.74. The summed E-state index contributed by atoms with van der Waals surface area (Å²) in [4.78, 5) is 14.2. The number of carbonyl (C=O) groups excluding carboxylic acids is 1. The first-order chi connectivity index (χ1) is 11.6. The summed E-state index contributed by atoms with van der Waals surface area (Å²) in [7, 11) is 3.24. The lowest BCUT2D eigenvalue weighted by Gasteiger charge is -2.28. The van der Waals surface area contributed by atoms with Crippen LogP contribution in [-0.4, -0.2) is 31.6 Å². The number of rotatable bonds is 4. The molecule has 1 aromatic heterocycles. The quantitative estimate of drug-likeness (QED) is 0.541. The number of fused-ring (bicyclic) bond motifs is 1. The smallest absolute Gasteiger partial charge is 0.246 e. The predicted octanol–water partition coefficient (Wildman–Crippen LogP) is 3.50. The molecule has 24 heavy (non-hydrogen) atoms. The van der Waals surface area contributed by atoms with E-state index in [1.807, 2.05) is 29.2 Å². The third-order valence-electron chi connectivity index (χ3n) is 4.01. The molecule has 0 spiro atoms. The molecule has 0 bridgehead atoms. The normalized spacial score (nSPS) is 13.9. The van der Waals surface area contributed by atoms with Crippen molar-refractivity contribution < 1.29 is 18.7 Å². The predicted molar refractivity (Wildman–Crippen MR) is 99.1 cm³/mol. The molecule has 0 radical (unpaired) electrons. The second-order valence-electron chi connectivity index (χ2n) is 5.46. The summed E-state index contributed by atoms with van der Waals surface area (Å²) in [5.41, 5.74) is 2.29. The highest BCUT2D eigenvalue weighted by Crippen LogP contribution is 2.33. The highest BCUT2D eigenvalue weighted by molar-refractivity contribution is 14.1. The van der Waals surface area contributed by atoms with E-state index in [0.29, 0.717) is 24.6 Å². The maximum Gasteiger partial charge on any atom is 0.246 e. The highest BCUT2D eigenvalue weighted by Gasteiger charge is 2.21. The summed E-state index contributed by atoms with van der Waals surface area (Å²) in [5, 5.41) is 0. The number of methoxy groups -OCH3 is 2. The number of ether oxygens (including phenoxy) is 2. The first-order valence-corrected chi connectivity index (χ1v) is 8.64. The lowest BCUT2D eigenvalue weighted by molar-refractivity contribution is -0.126. The van der Waals surface area contributed by atoms with Crippen molar-refractivity contribution in [1.29, 1.82) is 0 Å². The van der Waals surface area contributed by atoms with Crippen LogP contribution in [0, 0.1) is 3.77 Å². The monoisotopic (exact) mass is 439 g/mol. The van der Waals surface area contributed by atoms with Crippen molar-refractivity contribution in [2.45, 2.75) is 13.0 Å². The summed E-state index contributed by atoms with van der Waals surface area (Å²) >= 11 is 2.10. The average molecular weight is 439 g/mol. The van der Waals surface area contributed by atoms with Gasteiger partial charge in [-0.2, -0.15) is 0 Å². The average Bonchev–Trinajstić information content (AvgIpc) is 3.03. The number of carbonyl (C=O) groups is 1. The van der Waals surface area contributed by atoms with E-state index < -0.39 is 0 Å². The maximum absolute atomic E-state index is 12.4. The molecule has 2 heterocycles. The molecule has 0 aliphatic carbocycles. The highest BCUT2D eigenvalue weighted by atomic mass is 127. The van der Waals surface area contributed by atoms with Gasteiger partial charge in [-0.15, -0.1) is 0 Å². The summed E-state index contributed by atoms with van der Waals surface area (Å²) < 4.78 is 16.9. The molecular weight excluding hydrogens is 421 g/mol. The fourth-order valence-corrected chi connectivity index (χ4v) is 3.18. The van der Waals surface area contributed by atoms with E-state index in [1.54, 1.807) is 26.4 Å². The Morgan fingerprint density at radius 3 is 2.54 bits per heavy atom. The van der Waals surface area contributed by atoms with Crippen molar-refractivity contribution in [1.82, 2.24) is 4.90 Å². The molecule has 0 N–H and O–H groups in total. The van der Waals surface area contributed by atoms with Gasteiger partial charge < -0.3 is 18.8 Å². The summed E-state index contributed by atoms with van der Waals surface area (Å²) in [6.07, 6.45) is 4.06. The molecule has 3 rings (SSSR count). The van der Waals surface area contributed by atoms with Crippen LogP contribution in [0.3, 0.4) is 0 Å². The standard InChI is InChI=1S/C18H18INO4/c1-22-15-9-12-7-8-20(11-13(12)10-16(15)23-2)18(21)6-4-14-3-5-17(19)24-14/h3-6,9-10H,7-8,11H2,1-2H3. The van der Waals surface area contributed by atoms with E-state index >= 15 is 0 Å². The van der Waals surface area contributed by atoms with Gasteiger partial charge in [0.2, 0.25) is 5.91 Å². The Hall–Kier alpha value is -1.96. The summed E-state index contributed by atoms with van der Waals surface area (Å²) in [5.74, 6) is 2.06. The molecule has 2 aromatic rings. The van der Waals surface area contributed by atoms with E-state index in [2.05, 4.69) is 22.6 Å². The Labute approximate surface area is 154 Å². The van der Waals surface area contributed by atoms with Crippen LogP contribution >= 0.6 is 22.6 Å². The van der Waals surface area contributed by atoms with E-state index in [1.165, 1.54) is 5.56 Å². The molecule has 0 atom stereocenters. The van der Waals surface area contributed by atoms with Crippen LogP contribution in [0.5, 0.6) is 11.5 Å². The zero-order valence-corrected chi connectivity index (χ0v) is 15.7. The Morgan fingerprint density at radius 1 is 1.21 bits per heavy atom. The van der Waals surface area contributed by atoms with Gasteiger partial charge in [0.05, 0.1) is 14.2 Å². The Kier molecular flexibility index (Phi) is 5.13. The van der Waals surface area contributed by atoms with Crippen LogP contribution in [0.2, 0.25) is 0 Å². The third-order valence-corrected chi connectivity index (χ3v) is 4.59. The van der Waals surface area contributed by atoms with Crippen molar-refractivity contribution in [2.24, 2.45) is 0 Å².